The highest BCUT2D eigenvalue weighted by Crippen LogP contribution is 2.27. The van der Waals surface area contributed by atoms with Gasteiger partial charge in [-0.3, -0.25) is 4.79 Å². The lowest BCUT2D eigenvalue weighted by Gasteiger charge is -2.08. The number of benzene rings is 2. The molecule has 6 heteroatoms. The van der Waals surface area contributed by atoms with E-state index in [0.717, 1.165) is 33.4 Å². The minimum atomic E-state index is 0.0410. The second-order valence-electron chi connectivity index (χ2n) is 6.93. The number of thiazole rings is 1. The van der Waals surface area contributed by atoms with Crippen molar-refractivity contribution in [1.82, 2.24) is 4.98 Å². The maximum Gasteiger partial charge on any atom is 0.224 e. The van der Waals surface area contributed by atoms with Crippen molar-refractivity contribution in [2.75, 3.05) is 17.7 Å². The molecule has 0 radical (unpaired) electrons. The van der Waals surface area contributed by atoms with Gasteiger partial charge >= 0.3 is 0 Å². The third-order valence-corrected chi connectivity index (χ3v) is 4.98. The molecule has 0 spiro atoms. The van der Waals surface area contributed by atoms with Gasteiger partial charge in [-0.15, -0.1) is 11.3 Å². The van der Waals surface area contributed by atoms with Crippen molar-refractivity contribution < 1.29 is 9.53 Å². The number of amides is 1. The molecule has 146 valence electrons. The molecule has 28 heavy (non-hydrogen) atoms. The number of carbonyl (C=O) groups is 1. The third-order valence-electron chi connectivity index (χ3n) is 4.18. The van der Waals surface area contributed by atoms with Gasteiger partial charge in [0.05, 0.1) is 12.8 Å². The van der Waals surface area contributed by atoms with Crippen LogP contribution in [-0.2, 0) is 11.3 Å². The molecule has 0 aliphatic rings. The van der Waals surface area contributed by atoms with Crippen LogP contribution in [0.4, 0.5) is 10.8 Å². The van der Waals surface area contributed by atoms with E-state index in [1.165, 1.54) is 0 Å². The van der Waals surface area contributed by atoms with Gasteiger partial charge in [-0.1, -0.05) is 44.2 Å². The first-order chi connectivity index (χ1) is 13.5. The van der Waals surface area contributed by atoms with E-state index in [9.17, 15) is 4.79 Å². The Bertz CT molecular complexity index is 920. The van der Waals surface area contributed by atoms with E-state index in [4.69, 9.17) is 4.74 Å². The van der Waals surface area contributed by atoms with Crippen LogP contribution in [-0.4, -0.2) is 18.0 Å². The molecule has 3 rings (SSSR count). The molecule has 2 N–H and O–H groups in total. The molecule has 1 aromatic heterocycles. The maximum atomic E-state index is 11.9. The Labute approximate surface area is 169 Å². The van der Waals surface area contributed by atoms with E-state index in [1.807, 2.05) is 67.8 Å². The molecular formula is C22H25N3O2S. The second kappa shape index (κ2) is 9.37. The molecule has 0 saturated heterocycles. The van der Waals surface area contributed by atoms with Crippen molar-refractivity contribution in [2.45, 2.75) is 26.8 Å². The summed E-state index contributed by atoms with van der Waals surface area (Å²) in [7, 11) is 1.68. The number of nitrogens with zero attached hydrogens (tertiary/aromatic N) is 1. The molecule has 0 bridgehead atoms. The number of para-hydroxylation sites is 1. The molecule has 0 atom stereocenters. The smallest absolute Gasteiger partial charge is 0.224 e. The third kappa shape index (κ3) is 5.33. The second-order valence-corrected chi connectivity index (χ2v) is 7.78. The minimum Gasteiger partial charge on any atom is -0.496 e. The largest absolute Gasteiger partial charge is 0.496 e. The molecule has 0 saturated carbocycles. The molecule has 0 aliphatic carbocycles. The quantitative estimate of drug-likeness (QED) is 0.535. The summed E-state index contributed by atoms with van der Waals surface area (Å²) in [5, 5.41) is 9.16. The lowest BCUT2D eigenvalue weighted by molar-refractivity contribution is -0.116. The van der Waals surface area contributed by atoms with Gasteiger partial charge in [-0.25, -0.2) is 4.98 Å². The number of hydrogen-bond acceptors (Lipinski definition) is 5. The van der Waals surface area contributed by atoms with Gasteiger partial charge in [0, 0.05) is 35.2 Å². The molecule has 5 nitrogen and oxygen atoms in total. The van der Waals surface area contributed by atoms with Crippen molar-refractivity contribution in [1.29, 1.82) is 0 Å². The lowest BCUT2D eigenvalue weighted by Crippen LogP contribution is -2.13. The van der Waals surface area contributed by atoms with Crippen LogP contribution < -0.4 is 15.4 Å². The van der Waals surface area contributed by atoms with Crippen molar-refractivity contribution in [3.05, 3.63) is 59.5 Å². The fourth-order valence-corrected chi connectivity index (χ4v) is 3.53. The van der Waals surface area contributed by atoms with Crippen LogP contribution >= 0.6 is 11.3 Å². The summed E-state index contributed by atoms with van der Waals surface area (Å²) in [6, 6.07) is 15.7. The number of anilines is 2. The maximum absolute atomic E-state index is 11.9. The van der Waals surface area contributed by atoms with Gasteiger partial charge in [0.1, 0.15) is 5.75 Å². The molecule has 0 fully saturated rings. The summed E-state index contributed by atoms with van der Waals surface area (Å²) < 4.78 is 5.38. The summed E-state index contributed by atoms with van der Waals surface area (Å²) in [4.78, 5) is 16.5. The number of aromatic nitrogens is 1. The Hall–Kier alpha value is -2.86. The highest BCUT2D eigenvalue weighted by Gasteiger charge is 2.08. The summed E-state index contributed by atoms with van der Waals surface area (Å²) in [6.45, 7) is 4.71. The number of ether oxygens (including phenoxy) is 1. The minimum absolute atomic E-state index is 0.0410. The number of nitrogens with one attached hydrogen (secondary N) is 2. The highest BCUT2D eigenvalue weighted by atomic mass is 32.1. The first-order valence-corrected chi connectivity index (χ1v) is 10.1. The summed E-state index contributed by atoms with van der Waals surface area (Å²) in [5.74, 6) is 1.25. The molecule has 0 unspecified atom stereocenters. The molecule has 0 aliphatic heterocycles. The molecular weight excluding hydrogens is 370 g/mol. The molecule has 1 amide bonds. The number of rotatable bonds is 8. The Morgan fingerprint density at radius 3 is 2.61 bits per heavy atom. The van der Waals surface area contributed by atoms with E-state index in [0.29, 0.717) is 18.9 Å². The number of methoxy groups -OCH3 is 1. The van der Waals surface area contributed by atoms with Gasteiger partial charge in [-0.2, -0.15) is 0 Å². The molecule has 1 heterocycles. The van der Waals surface area contributed by atoms with Crippen LogP contribution in [0.3, 0.4) is 0 Å². The molecule has 3 aromatic rings. The predicted molar refractivity (Wildman–Crippen MR) is 116 cm³/mol. The van der Waals surface area contributed by atoms with Crippen LogP contribution in [0.15, 0.2) is 53.9 Å². The average Bonchev–Trinajstić information content (AvgIpc) is 3.15. The van der Waals surface area contributed by atoms with Gasteiger partial charge in [0.2, 0.25) is 5.91 Å². The van der Waals surface area contributed by atoms with Crippen LogP contribution in [0.1, 0.15) is 25.8 Å². The zero-order chi connectivity index (χ0) is 19.9. The zero-order valence-corrected chi connectivity index (χ0v) is 17.2. The normalized spacial score (nSPS) is 10.7. The van der Waals surface area contributed by atoms with Crippen molar-refractivity contribution in [2.24, 2.45) is 5.92 Å². The average molecular weight is 396 g/mol. The van der Waals surface area contributed by atoms with E-state index in [-0.39, 0.29) is 5.91 Å². The van der Waals surface area contributed by atoms with Gasteiger partial charge in [0.25, 0.3) is 0 Å². The Balaban J connectivity index is 1.61. The first kappa shape index (κ1) is 19.9. The highest BCUT2D eigenvalue weighted by molar-refractivity contribution is 7.14. The van der Waals surface area contributed by atoms with Crippen molar-refractivity contribution >= 4 is 28.1 Å². The Morgan fingerprint density at radius 2 is 1.89 bits per heavy atom. The van der Waals surface area contributed by atoms with Gasteiger partial charge < -0.3 is 15.4 Å². The Kier molecular flexibility index (Phi) is 6.66. The van der Waals surface area contributed by atoms with E-state index in [2.05, 4.69) is 15.6 Å². The number of hydrogen-bond donors (Lipinski definition) is 2. The Morgan fingerprint density at radius 1 is 1.14 bits per heavy atom. The van der Waals surface area contributed by atoms with Crippen molar-refractivity contribution in [3.8, 4) is 17.0 Å². The summed E-state index contributed by atoms with van der Waals surface area (Å²) >= 11 is 1.57. The van der Waals surface area contributed by atoms with Crippen LogP contribution in [0.25, 0.3) is 11.3 Å². The monoisotopic (exact) mass is 395 g/mol. The lowest BCUT2D eigenvalue weighted by atomic mass is 10.1. The predicted octanol–water partition coefficient (Wildman–Crippen LogP) is 5.42. The molecule has 2 aromatic carbocycles. The fourth-order valence-electron chi connectivity index (χ4n) is 2.81. The zero-order valence-electron chi connectivity index (χ0n) is 16.4. The first-order valence-electron chi connectivity index (χ1n) is 9.26. The van der Waals surface area contributed by atoms with Gasteiger partial charge in [-0.05, 0) is 24.1 Å². The SMILES string of the molecule is COc1ccccc1CNc1nc(-c2ccc(NC(=O)CC(C)C)cc2)cs1. The van der Waals surface area contributed by atoms with Crippen LogP contribution in [0, 0.1) is 5.92 Å². The summed E-state index contributed by atoms with van der Waals surface area (Å²) in [5.41, 5.74) is 3.82. The summed E-state index contributed by atoms with van der Waals surface area (Å²) in [6.07, 6.45) is 0.523. The van der Waals surface area contributed by atoms with Crippen molar-refractivity contribution in [3.63, 3.8) is 0 Å². The van der Waals surface area contributed by atoms with Crippen LogP contribution in [0.2, 0.25) is 0 Å². The standard InChI is InChI=1S/C22H25N3O2S/c1-15(2)12-21(26)24-18-10-8-16(9-11-18)19-14-28-22(25-19)23-13-17-6-4-5-7-20(17)27-3/h4-11,14-15H,12-13H2,1-3H3,(H,23,25)(H,24,26). The van der Waals surface area contributed by atoms with E-state index >= 15 is 0 Å². The fraction of sp³-hybridized carbons (Fsp3) is 0.273. The van der Waals surface area contributed by atoms with E-state index in [1.54, 1.807) is 18.4 Å². The number of carbonyl (C=O) groups excluding carboxylic acids is 1. The van der Waals surface area contributed by atoms with Crippen LogP contribution in [0.5, 0.6) is 5.75 Å². The van der Waals surface area contributed by atoms with Gasteiger partial charge in [0.15, 0.2) is 5.13 Å². The topological polar surface area (TPSA) is 63.2 Å². The van der Waals surface area contributed by atoms with E-state index < -0.39 is 0 Å².